The van der Waals surface area contributed by atoms with E-state index in [0.717, 1.165) is 17.0 Å². The average Bonchev–Trinajstić information content (AvgIpc) is 3.36. The lowest BCUT2D eigenvalue weighted by atomic mass is 10.1. The lowest BCUT2D eigenvalue weighted by Gasteiger charge is -2.16. The molecule has 0 saturated carbocycles. The molecule has 1 N–H and O–H groups in total. The van der Waals surface area contributed by atoms with Gasteiger partial charge in [0.1, 0.15) is 5.75 Å². The highest BCUT2D eigenvalue weighted by Crippen LogP contribution is 2.23. The second-order valence-corrected chi connectivity index (χ2v) is 7.02. The maximum atomic E-state index is 12.6. The van der Waals surface area contributed by atoms with Crippen LogP contribution in [0.1, 0.15) is 12.0 Å². The van der Waals surface area contributed by atoms with Gasteiger partial charge in [-0.25, -0.2) is 4.68 Å². The van der Waals surface area contributed by atoms with E-state index >= 15 is 0 Å². The standard InChI is InChI=1S/C22H22N4O3/c1-29-20-9-7-16(8-10-20)13-25-14-17(11-21(25)27)22(28)24-18-12-23-26(15-18)19-5-3-2-4-6-19/h2-10,12,15,17H,11,13-14H2,1H3,(H,24,28). The van der Waals surface area contributed by atoms with E-state index in [9.17, 15) is 9.59 Å². The molecule has 3 aromatic rings. The van der Waals surface area contributed by atoms with Crippen molar-refractivity contribution in [3.05, 3.63) is 72.6 Å². The van der Waals surface area contributed by atoms with Crippen LogP contribution in [0.2, 0.25) is 0 Å². The van der Waals surface area contributed by atoms with E-state index < -0.39 is 0 Å². The average molecular weight is 390 g/mol. The van der Waals surface area contributed by atoms with Crippen molar-refractivity contribution in [2.45, 2.75) is 13.0 Å². The molecule has 1 unspecified atom stereocenters. The summed E-state index contributed by atoms with van der Waals surface area (Å²) in [5.74, 6) is 0.222. The highest BCUT2D eigenvalue weighted by atomic mass is 16.5. The second-order valence-electron chi connectivity index (χ2n) is 7.02. The van der Waals surface area contributed by atoms with Crippen LogP contribution in [-0.4, -0.2) is 40.1 Å². The van der Waals surface area contributed by atoms with Gasteiger partial charge in [0.05, 0.1) is 36.8 Å². The Balaban J connectivity index is 1.36. The van der Waals surface area contributed by atoms with Crippen LogP contribution in [0.5, 0.6) is 5.75 Å². The number of ether oxygens (including phenoxy) is 1. The van der Waals surface area contributed by atoms with Crippen LogP contribution in [0.3, 0.4) is 0 Å². The number of likely N-dealkylation sites (tertiary alicyclic amines) is 1. The molecular formula is C22H22N4O3. The topological polar surface area (TPSA) is 76.5 Å². The Morgan fingerprint density at radius 1 is 1.17 bits per heavy atom. The fourth-order valence-corrected chi connectivity index (χ4v) is 3.41. The molecule has 148 valence electrons. The molecule has 1 atom stereocenters. The van der Waals surface area contributed by atoms with Gasteiger partial charge in [0.25, 0.3) is 0 Å². The van der Waals surface area contributed by atoms with Crippen molar-refractivity contribution in [2.24, 2.45) is 5.92 Å². The first-order valence-corrected chi connectivity index (χ1v) is 9.44. The van der Waals surface area contributed by atoms with Crippen molar-refractivity contribution < 1.29 is 14.3 Å². The Hall–Kier alpha value is -3.61. The molecular weight excluding hydrogens is 368 g/mol. The Morgan fingerprint density at radius 2 is 1.93 bits per heavy atom. The highest BCUT2D eigenvalue weighted by molar-refractivity contribution is 5.97. The molecule has 1 fully saturated rings. The van der Waals surface area contributed by atoms with Gasteiger partial charge in [-0.3, -0.25) is 9.59 Å². The largest absolute Gasteiger partial charge is 0.497 e. The van der Waals surface area contributed by atoms with E-state index in [1.807, 2.05) is 54.6 Å². The molecule has 29 heavy (non-hydrogen) atoms. The van der Waals surface area contributed by atoms with Crippen molar-refractivity contribution in [1.29, 1.82) is 0 Å². The summed E-state index contributed by atoms with van der Waals surface area (Å²) in [6, 6.07) is 17.2. The number of benzene rings is 2. The summed E-state index contributed by atoms with van der Waals surface area (Å²) < 4.78 is 6.85. The number of para-hydroxylation sites is 1. The van der Waals surface area contributed by atoms with Crippen molar-refractivity contribution >= 4 is 17.5 Å². The van der Waals surface area contributed by atoms with Crippen LogP contribution in [0.25, 0.3) is 5.69 Å². The molecule has 0 spiro atoms. The van der Waals surface area contributed by atoms with Gasteiger partial charge < -0.3 is 15.0 Å². The van der Waals surface area contributed by atoms with Gasteiger partial charge in [-0.2, -0.15) is 5.10 Å². The van der Waals surface area contributed by atoms with Crippen LogP contribution in [0.4, 0.5) is 5.69 Å². The Morgan fingerprint density at radius 3 is 2.66 bits per heavy atom. The lowest BCUT2D eigenvalue weighted by molar-refractivity contribution is -0.128. The Bertz CT molecular complexity index is 998. The van der Waals surface area contributed by atoms with E-state index in [1.165, 1.54) is 0 Å². The minimum atomic E-state index is -0.374. The molecule has 2 heterocycles. The fourth-order valence-electron chi connectivity index (χ4n) is 3.41. The number of hydrogen-bond donors (Lipinski definition) is 1. The first-order valence-electron chi connectivity index (χ1n) is 9.44. The van der Waals surface area contributed by atoms with Crippen LogP contribution in [0, 0.1) is 5.92 Å². The Labute approximate surface area is 168 Å². The molecule has 7 heteroatoms. The normalized spacial score (nSPS) is 16.1. The van der Waals surface area contributed by atoms with Gasteiger partial charge in [-0.1, -0.05) is 30.3 Å². The van der Waals surface area contributed by atoms with Crippen molar-refractivity contribution in [2.75, 3.05) is 19.0 Å². The van der Waals surface area contributed by atoms with E-state index in [-0.39, 0.29) is 24.2 Å². The third kappa shape index (κ3) is 4.29. The van der Waals surface area contributed by atoms with Gasteiger partial charge in [0, 0.05) is 19.5 Å². The summed E-state index contributed by atoms with van der Waals surface area (Å²) in [6.07, 6.45) is 3.59. The molecule has 0 bridgehead atoms. The third-order valence-electron chi connectivity index (χ3n) is 4.99. The minimum absolute atomic E-state index is 0.0130. The molecule has 0 radical (unpaired) electrons. The highest BCUT2D eigenvalue weighted by Gasteiger charge is 2.34. The summed E-state index contributed by atoms with van der Waals surface area (Å²) in [4.78, 5) is 26.7. The molecule has 1 saturated heterocycles. The summed E-state index contributed by atoms with van der Waals surface area (Å²) in [6.45, 7) is 0.891. The number of hydrogen-bond acceptors (Lipinski definition) is 4. The predicted octanol–water partition coefficient (Wildman–Crippen LogP) is 2.87. The molecule has 2 aromatic carbocycles. The zero-order valence-corrected chi connectivity index (χ0v) is 16.1. The fraction of sp³-hybridized carbons (Fsp3) is 0.227. The smallest absolute Gasteiger partial charge is 0.229 e. The number of carbonyl (C=O) groups is 2. The van der Waals surface area contributed by atoms with Crippen molar-refractivity contribution in [3.8, 4) is 11.4 Å². The van der Waals surface area contributed by atoms with E-state index in [4.69, 9.17) is 4.74 Å². The number of carbonyl (C=O) groups excluding carboxylic acids is 2. The van der Waals surface area contributed by atoms with Gasteiger partial charge in [0.2, 0.25) is 11.8 Å². The molecule has 2 amide bonds. The van der Waals surface area contributed by atoms with Crippen molar-refractivity contribution in [1.82, 2.24) is 14.7 Å². The van der Waals surface area contributed by atoms with E-state index in [0.29, 0.717) is 18.8 Å². The number of rotatable bonds is 6. The summed E-state index contributed by atoms with van der Waals surface area (Å²) >= 11 is 0. The molecule has 1 aliphatic rings. The number of amides is 2. The maximum absolute atomic E-state index is 12.6. The van der Waals surface area contributed by atoms with Gasteiger partial charge >= 0.3 is 0 Å². The van der Waals surface area contributed by atoms with E-state index in [1.54, 1.807) is 29.1 Å². The lowest BCUT2D eigenvalue weighted by Crippen LogP contribution is -2.27. The SMILES string of the molecule is COc1ccc(CN2CC(C(=O)Nc3cnn(-c4ccccc4)c3)CC2=O)cc1. The first kappa shape index (κ1) is 18.7. The quantitative estimate of drug-likeness (QED) is 0.702. The summed E-state index contributed by atoms with van der Waals surface area (Å²) in [5, 5.41) is 7.16. The van der Waals surface area contributed by atoms with Crippen LogP contribution < -0.4 is 10.1 Å². The number of nitrogens with zero attached hydrogens (tertiary/aromatic N) is 3. The number of nitrogens with one attached hydrogen (secondary N) is 1. The molecule has 1 aromatic heterocycles. The summed E-state index contributed by atoms with van der Waals surface area (Å²) in [7, 11) is 1.62. The maximum Gasteiger partial charge on any atom is 0.229 e. The van der Waals surface area contributed by atoms with Crippen molar-refractivity contribution in [3.63, 3.8) is 0 Å². The number of aromatic nitrogens is 2. The third-order valence-corrected chi connectivity index (χ3v) is 4.99. The molecule has 4 rings (SSSR count). The molecule has 7 nitrogen and oxygen atoms in total. The zero-order chi connectivity index (χ0) is 20.2. The number of methoxy groups -OCH3 is 1. The second kappa shape index (κ2) is 8.18. The zero-order valence-electron chi connectivity index (χ0n) is 16.1. The Kier molecular flexibility index (Phi) is 5.29. The summed E-state index contributed by atoms with van der Waals surface area (Å²) in [5.41, 5.74) is 2.53. The van der Waals surface area contributed by atoms with Gasteiger partial charge in [-0.05, 0) is 29.8 Å². The predicted molar refractivity (Wildman–Crippen MR) is 109 cm³/mol. The van der Waals surface area contributed by atoms with Gasteiger partial charge in [0.15, 0.2) is 0 Å². The molecule has 1 aliphatic heterocycles. The van der Waals surface area contributed by atoms with Crippen LogP contribution in [-0.2, 0) is 16.1 Å². The molecule has 0 aliphatic carbocycles. The number of anilines is 1. The first-order chi connectivity index (χ1) is 14.1. The van der Waals surface area contributed by atoms with E-state index in [2.05, 4.69) is 10.4 Å². The monoisotopic (exact) mass is 390 g/mol. The van der Waals surface area contributed by atoms with Crippen LogP contribution in [0.15, 0.2) is 67.0 Å². The minimum Gasteiger partial charge on any atom is -0.497 e. The van der Waals surface area contributed by atoms with Crippen LogP contribution >= 0.6 is 0 Å². The van der Waals surface area contributed by atoms with Gasteiger partial charge in [-0.15, -0.1) is 0 Å².